The van der Waals surface area contributed by atoms with E-state index in [2.05, 4.69) is 27.4 Å². The molecule has 2 N–H and O–H groups in total. The van der Waals surface area contributed by atoms with Gasteiger partial charge in [-0.1, -0.05) is 12.1 Å². The number of ether oxygens (including phenoxy) is 1. The Bertz CT molecular complexity index is 566. The van der Waals surface area contributed by atoms with Crippen LogP contribution in [0.5, 0.6) is 11.6 Å². The monoisotopic (exact) mass is 299 g/mol. The zero-order valence-electron chi connectivity index (χ0n) is 12.5. The van der Waals surface area contributed by atoms with Crippen molar-refractivity contribution in [1.82, 2.24) is 15.3 Å². The molecule has 1 aliphatic carbocycles. The lowest BCUT2D eigenvalue weighted by atomic mass is 9.93. The molecule has 1 aromatic carbocycles. The molecule has 0 aliphatic heterocycles. The number of hydrogen-bond donors (Lipinski definition) is 2. The summed E-state index contributed by atoms with van der Waals surface area (Å²) >= 11 is 0. The van der Waals surface area contributed by atoms with Crippen LogP contribution in [-0.4, -0.2) is 27.2 Å². The van der Waals surface area contributed by atoms with E-state index in [-0.39, 0.29) is 6.10 Å². The number of aliphatic hydroxyl groups is 1. The van der Waals surface area contributed by atoms with E-state index >= 15 is 0 Å². The Hall–Kier alpha value is -1.98. The molecule has 0 atom stereocenters. The topological polar surface area (TPSA) is 67.3 Å². The van der Waals surface area contributed by atoms with Crippen molar-refractivity contribution in [3.8, 4) is 11.6 Å². The van der Waals surface area contributed by atoms with Crippen LogP contribution in [0.15, 0.2) is 42.9 Å². The SMILES string of the molecule is OC1CCC(NCc2ccc(Oc3cnccn3)cc2)CC1. The fourth-order valence-electron chi connectivity index (χ4n) is 2.68. The molecular weight excluding hydrogens is 278 g/mol. The van der Waals surface area contributed by atoms with Gasteiger partial charge in [0.2, 0.25) is 5.88 Å². The lowest BCUT2D eigenvalue weighted by molar-refractivity contribution is 0.116. The highest BCUT2D eigenvalue weighted by Gasteiger charge is 2.18. The van der Waals surface area contributed by atoms with Crippen molar-refractivity contribution in [3.05, 3.63) is 48.4 Å². The highest BCUT2D eigenvalue weighted by atomic mass is 16.5. The largest absolute Gasteiger partial charge is 0.438 e. The van der Waals surface area contributed by atoms with Crippen molar-refractivity contribution >= 4 is 0 Å². The van der Waals surface area contributed by atoms with Gasteiger partial charge in [0.05, 0.1) is 12.3 Å². The quantitative estimate of drug-likeness (QED) is 0.888. The van der Waals surface area contributed by atoms with Gasteiger partial charge in [-0.2, -0.15) is 0 Å². The molecule has 0 unspecified atom stereocenters. The van der Waals surface area contributed by atoms with Crippen LogP contribution in [0.1, 0.15) is 31.2 Å². The molecule has 1 fully saturated rings. The van der Waals surface area contributed by atoms with Gasteiger partial charge in [0.15, 0.2) is 0 Å². The molecule has 0 spiro atoms. The molecule has 5 nitrogen and oxygen atoms in total. The van der Waals surface area contributed by atoms with Gasteiger partial charge < -0.3 is 15.2 Å². The van der Waals surface area contributed by atoms with Gasteiger partial charge in [-0.05, 0) is 43.4 Å². The number of aliphatic hydroxyl groups excluding tert-OH is 1. The normalized spacial score (nSPS) is 21.5. The predicted octanol–water partition coefficient (Wildman–Crippen LogP) is 2.66. The number of benzene rings is 1. The molecule has 1 saturated carbocycles. The number of aromatic nitrogens is 2. The Kier molecular flexibility index (Phi) is 4.98. The van der Waals surface area contributed by atoms with E-state index in [1.54, 1.807) is 18.6 Å². The molecule has 3 rings (SSSR count). The molecular formula is C17H21N3O2. The molecule has 0 saturated heterocycles. The first-order valence-electron chi connectivity index (χ1n) is 7.74. The molecule has 0 radical (unpaired) electrons. The minimum absolute atomic E-state index is 0.101. The van der Waals surface area contributed by atoms with Crippen LogP contribution in [0.25, 0.3) is 0 Å². The Morgan fingerprint density at radius 1 is 1.09 bits per heavy atom. The Morgan fingerprint density at radius 3 is 2.55 bits per heavy atom. The number of nitrogens with zero attached hydrogens (tertiary/aromatic N) is 2. The van der Waals surface area contributed by atoms with Crippen LogP contribution in [0, 0.1) is 0 Å². The predicted molar refractivity (Wildman–Crippen MR) is 83.7 cm³/mol. The first-order valence-corrected chi connectivity index (χ1v) is 7.74. The van der Waals surface area contributed by atoms with Crippen molar-refractivity contribution in [3.63, 3.8) is 0 Å². The second kappa shape index (κ2) is 7.33. The summed E-state index contributed by atoms with van der Waals surface area (Å²) in [6.45, 7) is 0.839. The van der Waals surface area contributed by atoms with Crippen molar-refractivity contribution in [2.24, 2.45) is 0 Å². The smallest absolute Gasteiger partial charge is 0.237 e. The minimum Gasteiger partial charge on any atom is -0.438 e. The Balaban J connectivity index is 1.49. The Morgan fingerprint density at radius 2 is 1.86 bits per heavy atom. The van der Waals surface area contributed by atoms with Crippen molar-refractivity contribution < 1.29 is 9.84 Å². The number of nitrogens with one attached hydrogen (secondary N) is 1. The molecule has 22 heavy (non-hydrogen) atoms. The lowest BCUT2D eigenvalue weighted by Crippen LogP contribution is -2.34. The molecule has 0 amide bonds. The minimum atomic E-state index is -0.101. The number of rotatable bonds is 5. The summed E-state index contributed by atoms with van der Waals surface area (Å²) in [6.07, 6.45) is 8.62. The molecule has 1 aromatic heterocycles. The molecule has 116 valence electrons. The summed E-state index contributed by atoms with van der Waals surface area (Å²) in [4.78, 5) is 8.05. The summed E-state index contributed by atoms with van der Waals surface area (Å²) in [5, 5.41) is 13.1. The molecule has 1 heterocycles. The van der Waals surface area contributed by atoms with Crippen LogP contribution in [-0.2, 0) is 6.54 Å². The second-order valence-electron chi connectivity index (χ2n) is 5.68. The second-order valence-corrected chi connectivity index (χ2v) is 5.68. The molecule has 0 bridgehead atoms. The highest BCUT2D eigenvalue weighted by molar-refractivity contribution is 5.29. The van der Waals surface area contributed by atoms with Crippen LogP contribution >= 0.6 is 0 Å². The van der Waals surface area contributed by atoms with Crippen LogP contribution in [0.4, 0.5) is 0 Å². The van der Waals surface area contributed by atoms with E-state index in [1.165, 1.54) is 5.56 Å². The maximum Gasteiger partial charge on any atom is 0.237 e. The average Bonchev–Trinajstić information content (AvgIpc) is 2.57. The van der Waals surface area contributed by atoms with Crippen LogP contribution in [0.3, 0.4) is 0 Å². The summed E-state index contributed by atoms with van der Waals surface area (Å²) in [5.74, 6) is 1.25. The lowest BCUT2D eigenvalue weighted by Gasteiger charge is -2.26. The number of hydrogen-bond acceptors (Lipinski definition) is 5. The maximum absolute atomic E-state index is 9.51. The van der Waals surface area contributed by atoms with Gasteiger partial charge in [0, 0.05) is 25.0 Å². The zero-order chi connectivity index (χ0) is 15.2. The third kappa shape index (κ3) is 4.26. The van der Waals surface area contributed by atoms with E-state index in [0.29, 0.717) is 11.9 Å². The third-order valence-electron chi connectivity index (χ3n) is 3.98. The standard InChI is InChI=1S/C17H21N3O2/c21-15-5-3-14(4-6-15)20-11-13-1-7-16(8-2-13)22-17-12-18-9-10-19-17/h1-2,7-10,12,14-15,20-21H,3-6,11H2. The van der Waals surface area contributed by atoms with Crippen LogP contribution in [0.2, 0.25) is 0 Å². The van der Waals surface area contributed by atoms with Gasteiger partial charge in [0.25, 0.3) is 0 Å². The summed E-state index contributed by atoms with van der Waals surface area (Å²) < 4.78 is 5.62. The summed E-state index contributed by atoms with van der Waals surface area (Å²) in [5.41, 5.74) is 1.22. The third-order valence-corrected chi connectivity index (χ3v) is 3.98. The first kappa shape index (κ1) is 14.9. The molecule has 5 heteroatoms. The van der Waals surface area contributed by atoms with E-state index in [0.717, 1.165) is 38.0 Å². The van der Waals surface area contributed by atoms with E-state index < -0.39 is 0 Å². The van der Waals surface area contributed by atoms with Crippen molar-refractivity contribution in [2.75, 3.05) is 0 Å². The van der Waals surface area contributed by atoms with E-state index in [9.17, 15) is 5.11 Å². The van der Waals surface area contributed by atoms with Gasteiger partial charge >= 0.3 is 0 Å². The van der Waals surface area contributed by atoms with Gasteiger partial charge in [-0.15, -0.1) is 0 Å². The Labute approximate surface area is 130 Å². The van der Waals surface area contributed by atoms with Gasteiger partial charge in [-0.3, -0.25) is 4.98 Å². The summed E-state index contributed by atoms with van der Waals surface area (Å²) in [6, 6.07) is 8.50. The summed E-state index contributed by atoms with van der Waals surface area (Å²) in [7, 11) is 0. The first-order chi connectivity index (χ1) is 10.8. The van der Waals surface area contributed by atoms with E-state index in [4.69, 9.17) is 4.74 Å². The zero-order valence-corrected chi connectivity index (χ0v) is 12.5. The fraction of sp³-hybridized carbons (Fsp3) is 0.412. The highest BCUT2D eigenvalue weighted by Crippen LogP contribution is 2.20. The van der Waals surface area contributed by atoms with Crippen molar-refractivity contribution in [2.45, 2.75) is 44.4 Å². The van der Waals surface area contributed by atoms with Crippen molar-refractivity contribution in [1.29, 1.82) is 0 Å². The molecule has 2 aromatic rings. The molecule has 1 aliphatic rings. The van der Waals surface area contributed by atoms with Gasteiger partial charge in [-0.25, -0.2) is 4.98 Å². The van der Waals surface area contributed by atoms with Crippen LogP contribution < -0.4 is 10.1 Å². The van der Waals surface area contributed by atoms with Gasteiger partial charge in [0.1, 0.15) is 5.75 Å². The van der Waals surface area contributed by atoms with E-state index in [1.807, 2.05) is 12.1 Å². The fourth-order valence-corrected chi connectivity index (χ4v) is 2.68. The average molecular weight is 299 g/mol. The maximum atomic E-state index is 9.51.